The molecule has 216 valence electrons. The van der Waals surface area contributed by atoms with Crippen molar-refractivity contribution in [3.8, 4) is 0 Å². The number of benzene rings is 1. The summed E-state index contributed by atoms with van der Waals surface area (Å²) in [6.45, 7) is 4.31. The van der Waals surface area contributed by atoms with Gasteiger partial charge in [0.1, 0.15) is 17.0 Å². The molecular formula is C33H34FN5O3. The molecule has 0 bridgehead atoms. The molecule has 2 aliphatic heterocycles. The fourth-order valence-electron chi connectivity index (χ4n) is 5.62. The second-order valence-corrected chi connectivity index (χ2v) is 10.9. The Bertz CT molecular complexity index is 1710. The molecule has 0 saturated carbocycles. The molecule has 8 nitrogen and oxygen atoms in total. The average molecular weight is 568 g/mol. The van der Waals surface area contributed by atoms with E-state index < -0.39 is 11.8 Å². The van der Waals surface area contributed by atoms with Crippen LogP contribution in [0.2, 0.25) is 0 Å². The van der Waals surface area contributed by atoms with E-state index in [0.29, 0.717) is 36.4 Å². The first-order valence-electron chi connectivity index (χ1n) is 14.1. The normalized spacial score (nSPS) is 20.2. The van der Waals surface area contributed by atoms with Crippen LogP contribution in [-0.2, 0) is 20.8 Å². The number of aromatic nitrogens is 1. The number of rotatable bonds is 8. The summed E-state index contributed by atoms with van der Waals surface area (Å²) in [5.41, 5.74) is 4.25. The van der Waals surface area contributed by atoms with Crippen LogP contribution in [0.5, 0.6) is 0 Å². The van der Waals surface area contributed by atoms with Crippen molar-refractivity contribution in [2.24, 2.45) is 21.8 Å². The van der Waals surface area contributed by atoms with E-state index in [1.54, 1.807) is 32.2 Å². The van der Waals surface area contributed by atoms with Gasteiger partial charge in [0.05, 0.1) is 24.4 Å². The van der Waals surface area contributed by atoms with Crippen LogP contribution in [0.4, 0.5) is 4.39 Å². The Labute approximate surface area is 243 Å². The molecule has 3 N–H and O–H groups in total. The highest BCUT2D eigenvalue weighted by atomic mass is 19.1. The standard InChI is InChI=1S/C33H34FN5O3/c1-19(13-21-10-11-28(34)20(2)14-21)24-8-6-9-26(30(24)40)32(41)38-17-23-15-22(16-29(39-23)33(42)35-3)27-18-37-31-25(27)7-4-5-12-36-31/h4-11,14-15,18-19,22,24H,12-13,16-17H2,1-3H3,(H,35,42)(H,36,37)(H,38,41)/t19-,22?,24?/m1/s1. The van der Waals surface area contributed by atoms with Gasteiger partial charge in [-0.1, -0.05) is 55.5 Å². The minimum atomic E-state index is -0.494. The van der Waals surface area contributed by atoms with Gasteiger partial charge in [-0.25, -0.2) is 4.39 Å². The van der Waals surface area contributed by atoms with E-state index in [1.807, 2.05) is 43.5 Å². The smallest absolute Gasteiger partial charge is 0.265 e. The third-order valence-electron chi connectivity index (χ3n) is 7.88. The number of nitrogens with zero attached hydrogens (tertiary/aromatic N) is 2. The lowest BCUT2D eigenvalue weighted by Gasteiger charge is -2.24. The Morgan fingerprint density at radius 3 is 2.81 bits per heavy atom. The number of allylic oxidation sites excluding steroid dienone is 5. The monoisotopic (exact) mass is 567 g/mol. The third-order valence-corrected chi connectivity index (χ3v) is 7.88. The zero-order valence-electron chi connectivity index (χ0n) is 23.9. The molecule has 0 spiro atoms. The van der Waals surface area contributed by atoms with Crippen LogP contribution in [0.15, 0.2) is 82.1 Å². The lowest BCUT2D eigenvalue weighted by molar-refractivity contribution is -0.124. The molecule has 1 aromatic heterocycles. The van der Waals surface area contributed by atoms with E-state index >= 15 is 0 Å². The van der Waals surface area contributed by atoms with Crippen molar-refractivity contribution in [1.82, 2.24) is 15.6 Å². The zero-order valence-corrected chi connectivity index (χ0v) is 23.9. The van der Waals surface area contributed by atoms with E-state index in [-0.39, 0.29) is 41.5 Å². The Morgan fingerprint density at radius 1 is 1.19 bits per heavy atom. The molecule has 2 aromatic rings. The van der Waals surface area contributed by atoms with Gasteiger partial charge in [-0.2, -0.15) is 0 Å². The summed E-state index contributed by atoms with van der Waals surface area (Å²) in [7, 11) is 1.56. The predicted molar refractivity (Wildman–Crippen MR) is 160 cm³/mol. The van der Waals surface area contributed by atoms with Crippen molar-refractivity contribution in [3.63, 3.8) is 0 Å². The highest BCUT2D eigenvalue weighted by Gasteiger charge is 2.31. The van der Waals surface area contributed by atoms with Gasteiger partial charge in [-0.3, -0.25) is 24.4 Å². The van der Waals surface area contributed by atoms with Gasteiger partial charge >= 0.3 is 0 Å². The number of H-pyrrole nitrogens is 1. The van der Waals surface area contributed by atoms with Crippen LogP contribution in [-0.4, -0.2) is 48.4 Å². The molecule has 2 unspecified atom stereocenters. The SMILES string of the molecule is CNC(=O)C1=NC(CNC(=O)C2=CC=CC([C@H](C)Cc3ccc(F)c(C)c3)C2=O)=CC(c2c[nH]c3c2=CC=CCN=3)C1. The van der Waals surface area contributed by atoms with Crippen LogP contribution >= 0.6 is 0 Å². The minimum Gasteiger partial charge on any atom is -0.354 e. The molecular weight excluding hydrogens is 533 g/mol. The number of nitrogens with one attached hydrogen (secondary N) is 3. The molecule has 2 amide bonds. The number of aryl methyl sites for hydroxylation is 1. The fourth-order valence-corrected chi connectivity index (χ4v) is 5.62. The van der Waals surface area contributed by atoms with Crippen LogP contribution < -0.4 is 21.3 Å². The topological polar surface area (TPSA) is 116 Å². The van der Waals surface area contributed by atoms with E-state index in [0.717, 1.165) is 21.8 Å². The van der Waals surface area contributed by atoms with Crippen LogP contribution in [0.25, 0.3) is 6.08 Å². The number of Topliss-reactive ketones (excluding diaryl/α,β-unsaturated/α-hetero) is 1. The molecule has 1 aromatic carbocycles. The highest BCUT2D eigenvalue weighted by molar-refractivity contribution is 6.39. The Balaban J connectivity index is 1.30. The molecule has 1 aliphatic carbocycles. The number of aliphatic imine (C=N–C) groups is 1. The molecule has 0 saturated heterocycles. The summed E-state index contributed by atoms with van der Waals surface area (Å²) in [6, 6.07) is 4.96. The second kappa shape index (κ2) is 12.5. The number of hydrogen-bond donors (Lipinski definition) is 3. The molecule has 3 heterocycles. The van der Waals surface area contributed by atoms with Gasteiger partial charge in [0.15, 0.2) is 5.78 Å². The van der Waals surface area contributed by atoms with Crippen molar-refractivity contribution in [1.29, 1.82) is 0 Å². The predicted octanol–water partition coefficient (Wildman–Crippen LogP) is 2.67. The number of fused-ring (bicyclic) bond motifs is 1. The van der Waals surface area contributed by atoms with E-state index in [4.69, 9.17) is 0 Å². The first-order chi connectivity index (χ1) is 20.2. The number of carbonyl (C=O) groups is 3. The minimum absolute atomic E-state index is 0.0554. The molecule has 3 atom stereocenters. The number of aromatic amines is 1. The number of hydrogen-bond acceptors (Lipinski definition) is 5. The molecule has 9 heteroatoms. The quantitative estimate of drug-likeness (QED) is 0.426. The molecule has 0 fully saturated rings. The number of halogens is 1. The van der Waals surface area contributed by atoms with Gasteiger partial charge in [0.2, 0.25) is 0 Å². The maximum atomic E-state index is 13.7. The molecule has 5 rings (SSSR count). The van der Waals surface area contributed by atoms with Gasteiger partial charge in [-0.15, -0.1) is 0 Å². The lowest BCUT2D eigenvalue weighted by atomic mass is 9.80. The molecule has 0 radical (unpaired) electrons. The van der Waals surface area contributed by atoms with Crippen LogP contribution in [0, 0.1) is 24.6 Å². The van der Waals surface area contributed by atoms with Crippen molar-refractivity contribution >= 4 is 29.4 Å². The highest BCUT2D eigenvalue weighted by Crippen LogP contribution is 2.27. The van der Waals surface area contributed by atoms with Gasteiger partial charge in [-0.05, 0) is 48.1 Å². The van der Waals surface area contributed by atoms with Gasteiger partial charge in [0.25, 0.3) is 11.8 Å². The van der Waals surface area contributed by atoms with Crippen molar-refractivity contribution in [3.05, 3.63) is 105 Å². The maximum Gasteiger partial charge on any atom is 0.265 e. The van der Waals surface area contributed by atoms with Crippen LogP contribution in [0.1, 0.15) is 36.0 Å². The summed E-state index contributed by atoms with van der Waals surface area (Å²) in [5.74, 6) is -2.01. The van der Waals surface area contributed by atoms with Crippen LogP contribution in [0.3, 0.4) is 0 Å². The summed E-state index contributed by atoms with van der Waals surface area (Å²) < 4.78 is 13.7. The Morgan fingerprint density at radius 2 is 2.02 bits per heavy atom. The summed E-state index contributed by atoms with van der Waals surface area (Å²) in [5, 5.41) is 6.44. The summed E-state index contributed by atoms with van der Waals surface area (Å²) in [4.78, 5) is 51.5. The molecule has 42 heavy (non-hydrogen) atoms. The van der Waals surface area contributed by atoms with Crippen molar-refractivity contribution in [2.75, 3.05) is 20.1 Å². The summed E-state index contributed by atoms with van der Waals surface area (Å²) >= 11 is 0. The van der Waals surface area contributed by atoms with E-state index in [2.05, 4.69) is 25.6 Å². The zero-order chi connectivity index (χ0) is 29.8. The Kier molecular flexibility index (Phi) is 8.56. The summed E-state index contributed by atoms with van der Waals surface area (Å²) in [6.07, 6.45) is 15.8. The molecule has 3 aliphatic rings. The average Bonchev–Trinajstić information content (AvgIpc) is 3.25. The third kappa shape index (κ3) is 6.15. The van der Waals surface area contributed by atoms with E-state index in [9.17, 15) is 18.8 Å². The number of ketones is 1. The largest absolute Gasteiger partial charge is 0.354 e. The van der Waals surface area contributed by atoms with Crippen molar-refractivity contribution < 1.29 is 18.8 Å². The van der Waals surface area contributed by atoms with Gasteiger partial charge in [0, 0.05) is 36.7 Å². The second-order valence-electron chi connectivity index (χ2n) is 10.9. The maximum absolute atomic E-state index is 13.7. The fraction of sp³-hybridized carbons (Fsp3) is 0.303. The number of carbonyl (C=O) groups excluding carboxylic acids is 3. The lowest BCUT2D eigenvalue weighted by Crippen LogP contribution is -2.36. The Hall–Kier alpha value is -4.66. The van der Waals surface area contributed by atoms with Crippen molar-refractivity contribution in [2.45, 2.75) is 32.6 Å². The number of amides is 2. The van der Waals surface area contributed by atoms with E-state index in [1.165, 1.54) is 12.1 Å². The first-order valence-corrected chi connectivity index (χ1v) is 14.1. The van der Waals surface area contributed by atoms with Gasteiger partial charge < -0.3 is 15.6 Å². The first kappa shape index (κ1) is 28.9.